The van der Waals surface area contributed by atoms with Crippen molar-refractivity contribution in [3.8, 4) is 5.75 Å². The van der Waals surface area contributed by atoms with Crippen molar-refractivity contribution >= 4 is 17.5 Å². The lowest BCUT2D eigenvalue weighted by atomic mass is 10.1. The molecule has 1 atom stereocenters. The fraction of sp³-hybridized carbons (Fsp3) is 0.235. The number of carbonyl (C=O) groups is 1. The highest BCUT2D eigenvalue weighted by Crippen LogP contribution is 2.25. The number of ether oxygens (including phenoxy) is 1. The SMILES string of the molecule is Cc1ccc(Cl)c(OCC(=O)N[C@@H](C)c2ccc(F)cc2)c1. The largest absolute Gasteiger partial charge is 0.482 e. The van der Waals surface area contributed by atoms with Crippen LogP contribution in [0.4, 0.5) is 4.39 Å². The van der Waals surface area contributed by atoms with Gasteiger partial charge in [0.25, 0.3) is 5.91 Å². The monoisotopic (exact) mass is 321 g/mol. The number of benzene rings is 2. The summed E-state index contributed by atoms with van der Waals surface area (Å²) in [6.07, 6.45) is 0. The summed E-state index contributed by atoms with van der Waals surface area (Å²) in [5.74, 6) is -0.0969. The first-order valence-corrected chi connectivity index (χ1v) is 7.27. The van der Waals surface area contributed by atoms with Crippen molar-refractivity contribution < 1.29 is 13.9 Å². The van der Waals surface area contributed by atoms with Crippen molar-refractivity contribution in [3.05, 3.63) is 64.4 Å². The molecule has 0 aliphatic rings. The maximum absolute atomic E-state index is 12.9. The Hall–Kier alpha value is -2.07. The number of aryl methyl sites for hydroxylation is 1. The van der Waals surface area contributed by atoms with Gasteiger partial charge in [0, 0.05) is 0 Å². The molecule has 0 bridgehead atoms. The van der Waals surface area contributed by atoms with E-state index in [4.69, 9.17) is 16.3 Å². The summed E-state index contributed by atoms with van der Waals surface area (Å²) in [6, 6.07) is 11.1. The Morgan fingerprint density at radius 2 is 1.95 bits per heavy atom. The Labute approximate surface area is 134 Å². The number of halogens is 2. The van der Waals surface area contributed by atoms with Crippen LogP contribution in [0.25, 0.3) is 0 Å². The van der Waals surface area contributed by atoms with Crippen molar-refractivity contribution in [3.63, 3.8) is 0 Å². The van der Waals surface area contributed by atoms with Gasteiger partial charge in [-0.3, -0.25) is 4.79 Å². The first-order valence-electron chi connectivity index (χ1n) is 6.89. The van der Waals surface area contributed by atoms with E-state index in [2.05, 4.69) is 5.32 Å². The summed E-state index contributed by atoms with van der Waals surface area (Å²) in [6.45, 7) is 3.61. The van der Waals surface area contributed by atoms with Gasteiger partial charge in [-0.15, -0.1) is 0 Å². The molecule has 0 heterocycles. The molecule has 0 saturated carbocycles. The van der Waals surface area contributed by atoms with Crippen molar-refractivity contribution in [1.82, 2.24) is 5.32 Å². The highest BCUT2D eigenvalue weighted by atomic mass is 35.5. The third kappa shape index (κ3) is 4.46. The molecule has 1 N–H and O–H groups in total. The van der Waals surface area contributed by atoms with Crippen LogP contribution in [0.15, 0.2) is 42.5 Å². The van der Waals surface area contributed by atoms with Crippen molar-refractivity contribution in [2.75, 3.05) is 6.61 Å². The van der Waals surface area contributed by atoms with Gasteiger partial charge in [-0.1, -0.05) is 29.8 Å². The number of hydrogen-bond acceptors (Lipinski definition) is 2. The Balaban J connectivity index is 1.90. The predicted octanol–water partition coefficient (Wildman–Crippen LogP) is 4.04. The van der Waals surface area contributed by atoms with Crippen LogP contribution in [-0.4, -0.2) is 12.5 Å². The van der Waals surface area contributed by atoms with Crippen LogP contribution in [0, 0.1) is 12.7 Å². The molecule has 0 aliphatic heterocycles. The zero-order valence-corrected chi connectivity index (χ0v) is 13.2. The van der Waals surface area contributed by atoms with Crippen LogP contribution in [-0.2, 0) is 4.79 Å². The summed E-state index contributed by atoms with van der Waals surface area (Å²) in [5.41, 5.74) is 1.82. The van der Waals surface area contributed by atoms with Crippen LogP contribution in [0.1, 0.15) is 24.1 Å². The molecule has 0 saturated heterocycles. The lowest BCUT2D eigenvalue weighted by Crippen LogP contribution is -2.31. The minimum Gasteiger partial charge on any atom is -0.482 e. The molecule has 0 aliphatic carbocycles. The van der Waals surface area contributed by atoms with E-state index in [9.17, 15) is 9.18 Å². The third-order valence-electron chi connectivity index (χ3n) is 3.19. The van der Waals surface area contributed by atoms with E-state index < -0.39 is 0 Å². The number of hydrogen-bond donors (Lipinski definition) is 1. The molecule has 116 valence electrons. The van der Waals surface area contributed by atoms with E-state index in [1.54, 1.807) is 24.3 Å². The molecular weight excluding hydrogens is 305 g/mol. The molecule has 5 heteroatoms. The predicted molar refractivity (Wildman–Crippen MR) is 84.6 cm³/mol. The van der Waals surface area contributed by atoms with Crippen LogP contribution >= 0.6 is 11.6 Å². The van der Waals surface area contributed by atoms with E-state index in [0.717, 1.165) is 11.1 Å². The third-order valence-corrected chi connectivity index (χ3v) is 3.51. The minimum absolute atomic E-state index is 0.130. The summed E-state index contributed by atoms with van der Waals surface area (Å²) in [7, 11) is 0. The van der Waals surface area contributed by atoms with E-state index in [-0.39, 0.29) is 24.4 Å². The Bertz CT molecular complexity index is 658. The normalized spacial score (nSPS) is 11.8. The first-order chi connectivity index (χ1) is 10.5. The van der Waals surface area contributed by atoms with Crippen molar-refractivity contribution in [2.45, 2.75) is 19.9 Å². The van der Waals surface area contributed by atoms with Crippen LogP contribution in [0.2, 0.25) is 5.02 Å². The van der Waals surface area contributed by atoms with Crippen LogP contribution in [0.3, 0.4) is 0 Å². The van der Waals surface area contributed by atoms with E-state index in [1.165, 1.54) is 12.1 Å². The van der Waals surface area contributed by atoms with Gasteiger partial charge in [0.15, 0.2) is 6.61 Å². The molecule has 22 heavy (non-hydrogen) atoms. The molecule has 2 rings (SSSR count). The number of nitrogens with one attached hydrogen (secondary N) is 1. The fourth-order valence-corrected chi connectivity index (χ4v) is 2.15. The Morgan fingerprint density at radius 1 is 1.27 bits per heavy atom. The van der Waals surface area contributed by atoms with Crippen molar-refractivity contribution in [2.24, 2.45) is 0 Å². The molecule has 2 aromatic rings. The van der Waals surface area contributed by atoms with E-state index in [0.29, 0.717) is 10.8 Å². The molecule has 3 nitrogen and oxygen atoms in total. The molecule has 0 unspecified atom stereocenters. The molecule has 0 spiro atoms. The van der Waals surface area contributed by atoms with Crippen LogP contribution < -0.4 is 10.1 Å². The van der Waals surface area contributed by atoms with Gasteiger partial charge in [-0.2, -0.15) is 0 Å². The Kier molecular flexibility index (Phi) is 5.39. The zero-order valence-electron chi connectivity index (χ0n) is 12.4. The number of rotatable bonds is 5. The smallest absolute Gasteiger partial charge is 0.258 e. The quantitative estimate of drug-likeness (QED) is 0.902. The zero-order chi connectivity index (χ0) is 16.1. The summed E-state index contributed by atoms with van der Waals surface area (Å²) in [5, 5.41) is 3.25. The molecule has 0 fully saturated rings. The average Bonchev–Trinajstić information content (AvgIpc) is 2.49. The lowest BCUT2D eigenvalue weighted by Gasteiger charge is -2.15. The van der Waals surface area contributed by atoms with Gasteiger partial charge in [0.1, 0.15) is 11.6 Å². The molecule has 2 aromatic carbocycles. The molecule has 1 amide bonds. The maximum Gasteiger partial charge on any atom is 0.258 e. The van der Waals surface area contributed by atoms with Gasteiger partial charge in [-0.05, 0) is 49.2 Å². The number of carbonyl (C=O) groups excluding carboxylic acids is 1. The Morgan fingerprint density at radius 3 is 2.64 bits per heavy atom. The summed E-state index contributed by atoms with van der Waals surface area (Å²) < 4.78 is 18.3. The first kappa shape index (κ1) is 16.3. The van der Waals surface area contributed by atoms with E-state index >= 15 is 0 Å². The fourth-order valence-electron chi connectivity index (χ4n) is 1.98. The van der Waals surface area contributed by atoms with Crippen LogP contribution in [0.5, 0.6) is 5.75 Å². The standard InChI is InChI=1S/C17H17ClFNO2/c1-11-3-8-15(18)16(9-11)22-10-17(21)20-12(2)13-4-6-14(19)7-5-13/h3-9,12H,10H2,1-2H3,(H,20,21)/t12-/m0/s1. The molecule has 0 radical (unpaired) electrons. The molecular formula is C17H17ClFNO2. The lowest BCUT2D eigenvalue weighted by molar-refractivity contribution is -0.123. The number of amides is 1. The second-order valence-electron chi connectivity index (χ2n) is 5.06. The highest BCUT2D eigenvalue weighted by Gasteiger charge is 2.11. The van der Waals surface area contributed by atoms with Gasteiger partial charge < -0.3 is 10.1 Å². The summed E-state index contributed by atoms with van der Waals surface area (Å²) >= 11 is 6.00. The van der Waals surface area contributed by atoms with Crippen molar-refractivity contribution in [1.29, 1.82) is 0 Å². The van der Waals surface area contributed by atoms with E-state index in [1.807, 2.05) is 19.9 Å². The topological polar surface area (TPSA) is 38.3 Å². The second-order valence-corrected chi connectivity index (χ2v) is 5.47. The van der Waals surface area contributed by atoms with Gasteiger partial charge in [-0.25, -0.2) is 4.39 Å². The second kappa shape index (κ2) is 7.27. The highest BCUT2D eigenvalue weighted by molar-refractivity contribution is 6.32. The minimum atomic E-state index is -0.306. The van der Waals surface area contributed by atoms with Gasteiger partial charge >= 0.3 is 0 Å². The van der Waals surface area contributed by atoms with Gasteiger partial charge in [0.2, 0.25) is 0 Å². The molecule has 0 aromatic heterocycles. The average molecular weight is 322 g/mol. The summed E-state index contributed by atoms with van der Waals surface area (Å²) in [4.78, 5) is 11.9. The van der Waals surface area contributed by atoms with Gasteiger partial charge in [0.05, 0.1) is 11.1 Å². The maximum atomic E-state index is 12.9.